The van der Waals surface area contributed by atoms with Crippen molar-refractivity contribution in [3.8, 4) is 0 Å². The van der Waals surface area contributed by atoms with Crippen LogP contribution in [0.4, 0.5) is 5.00 Å². The molecule has 3 rings (SSSR count). The number of hydrogen-bond donors (Lipinski definition) is 1. The molecule has 0 aliphatic heterocycles. The number of fused-ring (bicyclic) bond motifs is 1. The van der Waals surface area contributed by atoms with Crippen LogP contribution in [0, 0.1) is 5.92 Å². The molecule has 136 valence electrons. The Bertz CT molecular complexity index is 855. The van der Waals surface area contributed by atoms with Gasteiger partial charge in [0.15, 0.2) is 0 Å². The van der Waals surface area contributed by atoms with Gasteiger partial charge in [-0.1, -0.05) is 30.7 Å². The molecular weight excluding hydrogens is 370 g/mol. The van der Waals surface area contributed by atoms with Crippen LogP contribution in [-0.2, 0) is 22.4 Å². The van der Waals surface area contributed by atoms with Crippen LogP contribution in [0.3, 0.4) is 0 Å². The SMILES string of the molecule is COC(=O)c1c(NC(=O)/C=C/c2ccc(Cl)cc2)sc2c1CCC(C)C2. The van der Waals surface area contributed by atoms with Gasteiger partial charge in [0, 0.05) is 16.0 Å². The van der Waals surface area contributed by atoms with Crippen LogP contribution in [0.25, 0.3) is 6.08 Å². The van der Waals surface area contributed by atoms with E-state index in [2.05, 4.69) is 12.2 Å². The zero-order valence-electron chi connectivity index (χ0n) is 14.7. The van der Waals surface area contributed by atoms with Crippen LogP contribution in [0.2, 0.25) is 5.02 Å². The summed E-state index contributed by atoms with van der Waals surface area (Å²) in [6.07, 6.45) is 5.97. The fraction of sp³-hybridized carbons (Fsp3) is 0.300. The Hall–Kier alpha value is -2.11. The molecule has 0 saturated heterocycles. The first-order chi connectivity index (χ1) is 12.5. The molecule has 1 aliphatic rings. The highest BCUT2D eigenvalue weighted by atomic mass is 35.5. The van der Waals surface area contributed by atoms with Crippen molar-refractivity contribution in [1.29, 1.82) is 0 Å². The van der Waals surface area contributed by atoms with Gasteiger partial charge in [-0.3, -0.25) is 4.79 Å². The van der Waals surface area contributed by atoms with Gasteiger partial charge in [-0.25, -0.2) is 4.79 Å². The molecule has 0 fully saturated rings. The lowest BCUT2D eigenvalue weighted by Gasteiger charge is -2.18. The van der Waals surface area contributed by atoms with E-state index in [4.69, 9.17) is 16.3 Å². The molecule has 1 heterocycles. The molecule has 1 amide bonds. The third kappa shape index (κ3) is 4.17. The molecule has 1 N–H and O–H groups in total. The number of amides is 1. The average Bonchev–Trinajstić information content (AvgIpc) is 2.97. The maximum absolute atomic E-state index is 12.3. The van der Waals surface area contributed by atoms with Crippen molar-refractivity contribution in [3.05, 3.63) is 56.9 Å². The summed E-state index contributed by atoms with van der Waals surface area (Å²) < 4.78 is 4.94. The van der Waals surface area contributed by atoms with Crippen LogP contribution < -0.4 is 5.32 Å². The largest absolute Gasteiger partial charge is 0.465 e. The lowest BCUT2D eigenvalue weighted by molar-refractivity contribution is -0.111. The summed E-state index contributed by atoms with van der Waals surface area (Å²) in [6, 6.07) is 7.19. The van der Waals surface area contributed by atoms with Crippen LogP contribution in [0.5, 0.6) is 0 Å². The molecule has 6 heteroatoms. The second-order valence-corrected chi connectivity index (χ2v) is 7.96. The van der Waals surface area contributed by atoms with Gasteiger partial charge in [-0.15, -0.1) is 11.3 Å². The molecule has 4 nitrogen and oxygen atoms in total. The molecule has 1 aliphatic carbocycles. The molecule has 26 heavy (non-hydrogen) atoms. The van der Waals surface area contributed by atoms with Gasteiger partial charge in [0.2, 0.25) is 5.91 Å². The molecule has 0 spiro atoms. The summed E-state index contributed by atoms with van der Waals surface area (Å²) >= 11 is 7.33. The van der Waals surface area contributed by atoms with Crippen molar-refractivity contribution >= 4 is 45.9 Å². The Morgan fingerprint density at radius 3 is 2.73 bits per heavy atom. The Morgan fingerprint density at radius 1 is 1.31 bits per heavy atom. The number of anilines is 1. The zero-order valence-corrected chi connectivity index (χ0v) is 16.2. The lowest BCUT2D eigenvalue weighted by atomic mass is 9.88. The average molecular weight is 390 g/mol. The number of carbonyl (C=O) groups is 2. The van der Waals surface area contributed by atoms with E-state index in [1.54, 1.807) is 18.2 Å². The fourth-order valence-corrected chi connectivity index (χ4v) is 4.58. The van der Waals surface area contributed by atoms with Gasteiger partial charge in [-0.05, 0) is 54.5 Å². The van der Waals surface area contributed by atoms with Crippen LogP contribution >= 0.6 is 22.9 Å². The highest BCUT2D eigenvalue weighted by Crippen LogP contribution is 2.40. The molecule has 0 bridgehead atoms. The smallest absolute Gasteiger partial charge is 0.341 e. The quantitative estimate of drug-likeness (QED) is 0.593. The van der Waals surface area contributed by atoms with Crippen molar-refractivity contribution in [3.63, 3.8) is 0 Å². The molecular formula is C20H20ClNO3S. The summed E-state index contributed by atoms with van der Waals surface area (Å²) in [7, 11) is 1.36. The molecule has 2 aromatic rings. The number of esters is 1. The number of rotatable bonds is 4. The Labute approximate surface area is 161 Å². The lowest BCUT2D eigenvalue weighted by Crippen LogP contribution is -2.14. The first-order valence-corrected chi connectivity index (χ1v) is 9.65. The van der Waals surface area contributed by atoms with Gasteiger partial charge in [-0.2, -0.15) is 0 Å². The summed E-state index contributed by atoms with van der Waals surface area (Å²) in [5.74, 6) is -0.0919. The maximum Gasteiger partial charge on any atom is 0.341 e. The molecule has 1 atom stereocenters. The molecule has 0 saturated carbocycles. The second kappa shape index (κ2) is 8.06. The van der Waals surface area contributed by atoms with Crippen LogP contribution in [0.1, 0.15) is 39.7 Å². The number of hydrogen-bond acceptors (Lipinski definition) is 4. The Morgan fingerprint density at radius 2 is 2.04 bits per heavy atom. The van der Waals surface area contributed by atoms with Gasteiger partial charge >= 0.3 is 5.97 Å². The minimum Gasteiger partial charge on any atom is -0.465 e. The number of thiophene rings is 1. The highest BCUT2D eigenvalue weighted by Gasteiger charge is 2.28. The second-order valence-electron chi connectivity index (χ2n) is 6.42. The van der Waals surface area contributed by atoms with Crippen molar-refractivity contribution in [2.24, 2.45) is 5.92 Å². The normalized spacial score (nSPS) is 16.3. The Kier molecular flexibility index (Phi) is 5.79. The maximum atomic E-state index is 12.3. The minimum absolute atomic E-state index is 0.281. The number of benzene rings is 1. The van der Waals surface area contributed by atoms with E-state index in [1.165, 1.54) is 29.4 Å². The van der Waals surface area contributed by atoms with Gasteiger partial charge in [0.25, 0.3) is 0 Å². The summed E-state index contributed by atoms with van der Waals surface area (Å²) in [4.78, 5) is 25.7. The van der Waals surface area contributed by atoms with Gasteiger partial charge in [0.05, 0.1) is 12.7 Å². The number of methoxy groups -OCH3 is 1. The molecule has 0 radical (unpaired) electrons. The fourth-order valence-electron chi connectivity index (χ4n) is 3.06. The summed E-state index contributed by atoms with van der Waals surface area (Å²) in [5, 5.41) is 4.06. The van der Waals surface area contributed by atoms with E-state index >= 15 is 0 Å². The number of ether oxygens (including phenoxy) is 1. The van der Waals surface area contributed by atoms with E-state index in [1.807, 2.05) is 12.1 Å². The number of nitrogens with one attached hydrogen (secondary N) is 1. The van der Waals surface area contributed by atoms with Crippen molar-refractivity contribution < 1.29 is 14.3 Å². The third-order valence-electron chi connectivity index (χ3n) is 4.44. The molecule has 1 aromatic heterocycles. The Balaban J connectivity index is 1.81. The van der Waals surface area contributed by atoms with Gasteiger partial charge < -0.3 is 10.1 Å². The number of halogens is 1. The standard InChI is InChI=1S/C20H20ClNO3S/c1-12-3-9-15-16(11-12)26-19(18(15)20(24)25-2)22-17(23)10-6-13-4-7-14(21)8-5-13/h4-8,10,12H,3,9,11H2,1-2H3,(H,22,23)/b10-6+. The minimum atomic E-state index is -0.394. The predicted octanol–water partition coefficient (Wildman–Crippen LogP) is 4.96. The zero-order chi connectivity index (χ0) is 18.7. The van der Waals surface area contributed by atoms with Crippen LogP contribution in [-0.4, -0.2) is 19.0 Å². The summed E-state index contributed by atoms with van der Waals surface area (Å²) in [5.41, 5.74) is 2.40. The van der Waals surface area contributed by atoms with E-state index in [9.17, 15) is 9.59 Å². The molecule has 1 unspecified atom stereocenters. The monoisotopic (exact) mass is 389 g/mol. The summed E-state index contributed by atoms with van der Waals surface area (Å²) in [6.45, 7) is 2.20. The van der Waals surface area contributed by atoms with Crippen molar-refractivity contribution in [1.82, 2.24) is 0 Å². The topological polar surface area (TPSA) is 55.4 Å². The van der Waals surface area contributed by atoms with Crippen molar-refractivity contribution in [2.75, 3.05) is 12.4 Å². The van der Waals surface area contributed by atoms with Crippen molar-refractivity contribution in [2.45, 2.75) is 26.2 Å². The molecule has 1 aromatic carbocycles. The van der Waals surface area contributed by atoms with Gasteiger partial charge in [0.1, 0.15) is 5.00 Å². The first-order valence-electron chi connectivity index (χ1n) is 8.45. The van der Waals surface area contributed by atoms with E-state index < -0.39 is 5.97 Å². The predicted molar refractivity (Wildman–Crippen MR) is 106 cm³/mol. The van der Waals surface area contributed by atoms with E-state index in [0.29, 0.717) is 21.5 Å². The van der Waals surface area contributed by atoms with E-state index in [0.717, 1.165) is 30.4 Å². The van der Waals surface area contributed by atoms with Crippen LogP contribution in [0.15, 0.2) is 30.3 Å². The van der Waals surface area contributed by atoms with E-state index in [-0.39, 0.29) is 5.91 Å². The number of carbonyl (C=O) groups excluding carboxylic acids is 2. The first kappa shape index (κ1) is 18.7. The third-order valence-corrected chi connectivity index (χ3v) is 5.86. The highest BCUT2D eigenvalue weighted by molar-refractivity contribution is 7.17.